The van der Waals surface area contributed by atoms with Crippen molar-refractivity contribution in [3.8, 4) is 5.75 Å². The van der Waals surface area contributed by atoms with Gasteiger partial charge in [0.2, 0.25) is 0 Å². The van der Waals surface area contributed by atoms with Crippen LogP contribution in [0.25, 0.3) is 0 Å². The largest absolute Gasteiger partial charge is 0.506 e. The standard InChI is InChI=1S/C12H11N3O/c1-9-2-3-12(16)11(4-9)15-7-10-5-13-8-14-6-10/h2-8,16H,1H3. The Morgan fingerprint density at radius 1 is 1.25 bits per heavy atom. The molecule has 0 saturated heterocycles. The highest BCUT2D eigenvalue weighted by atomic mass is 16.3. The van der Waals surface area contributed by atoms with E-state index >= 15 is 0 Å². The van der Waals surface area contributed by atoms with Crippen LogP contribution in [-0.4, -0.2) is 21.3 Å². The molecule has 0 unspecified atom stereocenters. The molecular formula is C12H11N3O. The lowest BCUT2D eigenvalue weighted by Gasteiger charge is -1.99. The van der Waals surface area contributed by atoms with E-state index in [1.165, 1.54) is 6.33 Å². The summed E-state index contributed by atoms with van der Waals surface area (Å²) in [7, 11) is 0. The van der Waals surface area contributed by atoms with E-state index in [0.717, 1.165) is 11.1 Å². The summed E-state index contributed by atoms with van der Waals surface area (Å²) in [5.74, 6) is 0.165. The van der Waals surface area contributed by atoms with Crippen LogP contribution in [0, 0.1) is 6.92 Å². The van der Waals surface area contributed by atoms with E-state index in [1.807, 2.05) is 19.1 Å². The minimum Gasteiger partial charge on any atom is -0.506 e. The summed E-state index contributed by atoms with van der Waals surface area (Å²) in [6, 6.07) is 5.28. The number of nitrogens with zero attached hydrogens (tertiary/aromatic N) is 3. The van der Waals surface area contributed by atoms with E-state index in [9.17, 15) is 5.11 Å². The average Bonchev–Trinajstić information content (AvgIpc) is 2.32. The second-order valence-corrected chi connectivity index (χ2v) is 3.42. The molecule has 0 aliphatic rings. The van der Waals surface area contributed by atoms with Gasteiger partial charge in [-0.25, -0.2) is 9.97 Å². The molecule has 0 amide bonds. The van der Waals surface area contributed by atoms with Gasteiger partial charge in [0.1, 0.15) is 17.8 Å². The third-order valence-electron chi connectivity index (χ3n) is 2.06. The van der Waals surface area contributed by atoms with Crippen molar-refractivity contribution in [2.75, 3.05) is 0 Å². The van der Waals surface area contributed by atoms with E-state index in [1.54, 1.807) is 24.7 Å². The Morgan fingerprint density at radius 3 is 2.75 bits per heavy atom. The molecule has 0 bridgehead atoms. The van der Waals surface area contributed by atoms with Crippen molar-refractivity contribution in [2.24, 2.45) is 4.99 Å². The molecule has 0 saturated carbocycles. The fourth-order valence-corrected chi connectivity index (χ4v) is 1.26. The first kappa shape index (κ1) is 10.3. The third kappa shape index (κ3) is 2.42. The van der Waals surface area contributed by atoms with Crippen LogP contribution >= 0.6 is 0 Å². The van der Waals surface area contributed by atoms with Gasteiger partial charge < -0.3 is 5.11 Å². The van der Waals surface area contributed by atoms with Gasteiger partial charge in [0.15, 0.2) is 0 Å². The van der Waals surface area contributed by atoms with Crippen LogP contribution in [0.3, 0.4) is 0 Å². The van der Waals surface area contributed by atoms with Gasteiger partial charge in [-0.15, -0.1) is 0 Å². The second kappa shape index (κ2) is 4.53. The predicted molar refractivity (Wildman–Crippen MR) is 62.1 cm³/mol. The number of aromatic nitrogens is 2. The Labute approximate surface area is 93.3 Å². The van der Waals surface area contributed by atoms with Crippen LogP contribution in [0.4, 0.5) is 5.69 Å². The van der Waals surface area contributed by atoms with Crippen LogP contribution in [0.5, 0.6) is 5.75 Å². The summed E-state index contributed by atoms with van der Waals surface area (Å²) < 4.78 is 0. The Morgan fingerprint density at radius 2 is 2.00 bits per heavy atom. The Kier molecular flexibility index (Phi) is 2.91. The van der Waals surface area contributed by atoms with E-state index in [2.05, 4.69) is 15.0 Å². The second-order valence-electron chi connectivity index (χ2n) is 3.42. The van der Waals surface area contributed by atoms with Crippen LogP contribution in [0.2, 0.25) is 0 Å². The predicted octanol–water partition coefficient (Wildman–Crippen LogP) is 2.24. The number of phenolic OH excluding ortho intramolecular Hbond substituents is 1. The van der Waals surface area contributed by atoms with Gasteiger partial charge in [-0.05, 0) is 24.6 Å². The quantitative estimate of drug-likeness (QED) is 0.778. The van der Waals surface area contributed by atoms with Gasteiger partial charge in [0.05, 0.1) is 0 Å². The van der Waals surface area contributed by atoms with Crippen molar-refractivity contribution in [2.45, 2.75) is 6.92 Å². The first-order valence-electron chi connectivity index (χ1n) is 4.84. The monoisotopic (exact) mass is 213 g/mol. The van der Waals surface area contributed by atoms with E-state index in [0.29, 0.717) is 5.69 Å². The van der Waals surface area contributed by atoms with Crippen molar-refractivity contribution in [3.05, 3.63) is 48.0 Å². The normalized spacial score (nSPS) is 10.8. The molecule has 1 aromatic carbocycles. The molecule has 2 aromatic rings. The zero-order chi connectivity index (χ0) is 11.4. The smallest absolute Gasteiger partial charge is 0.141 e. The van der Waals surface area contributed by atoms with Gasteiger partial charge in [-0.1, -0.05) is 6.07 Å². The molecule has 0 radical (unpaired) electrons. The number of aryl methyl sites for hydroxylation is 1. The van der Waals surface area contributed by atoms with Crippen LogP contribution in [0.1, 0.15) is 11.1 Å². The van der Waals surface area contributed by atoms with Crippen LogP contribution < -0.4 is 0 Å². The minimum absolute atomic E-state index is 0.165. The number of rotatable bonds is 2. The number of hydrogen-bond acceptors (Lipinski definition) is 4. The average molecular weight is 213 g/mol. The molecule has 1 heterocycles. The number of hydrogen-bond donors (Lipinski definition) is 1. The topological polar surface area (TPSA) is 58.4 Å². The van der Waals surface area contributed by atoms with Crippen molar-refractivity contribution in [1.29, 1.82) is 0 Å². The van der Waals surface area contributed by atoms with E-state index in [4.69, 9.17) is 0 Å². The van der Waals surface area contributed by atoms with Crippen molar-refractivity contribution >= 4 is 11.9 Å². The molecular weight excluding hydrogens is 202 g/mol. The molecule has 4 heteroatoms. The van der Waals surface area contributed by atoms with E-state index < -0.39 is 0 Å². The maximum absolute atomic E-state index is 9.57. The first-order chi connectivity index (χ1) is 7.75. The zero-order valence-corrected chi connectivity index (χ0v) is 8.83. The minimum atomic E-state index is 0.165. The summed E-state index contributed by atoms with van der Waals surface area (Å²) in [4.78, 5) is 11.9. The molecule has 80 valence electrons. The summed E-state index contributed by atoms with van der Waals surface area (Å²) in [6.07, 6.45) is 6.39. The molecule has 16 heavy (non-hydrogen) atoms. The van der Waals surface area contributed by atoms with Crippen molar-refractivity contribution in [1.82, 2.24) is 9.97 Å². The maximum Gasteiger partial charge on any atom is 0.141 e. The molecule has 0 fully saturated rings. The maximum atomic E-state index is 9.57. The van der Waals surface area contributed by atoms with Crippen molar-refractivity contribution < 1.29 is 5.11 Å². The molecule has 1 aromatic heterocycles. The SMILES string of the molecule is Cc1ccc(O)c(N=Cc2cncnc2)c1. The number of aromatic hydroxyl groups is 1. The first-order valence-corrected chi connectivity index (χ1v) is 4.84. The van der Waals surface area contributed by atoms with Gasteiger partial charge in [-0.2, -0.15) is 0 Å². The lowest BCUT2D eigenvalue weighted by molar-refractivity contribution is 0.477. The number of aliphatic imine (C=N–C) groups is 1. The molecule has 0 spiro atoms. The Bertz CT molecular complexity index is 509. The molecule has 1 N–H and O–H groups in total. The zero-order valence-electron chi connectivity index (χ0n) is 8.83. The summed E-state index contributed by atoms with van der Waals surface area (Å²) in [6.45, 7) is 1.95. The fourth-order valence-electron chi connectivity index (χ4n) is 1.26. The Balaban J connectivity index is 2.27. The van der Waals surface area contributed by atoms with Gasteiger partial charge in [0, 0.05) is 24.2 Å². The summed E-state index contributed by atoms with van der Waals surface area (Å²) in [5.41, 5.74) is 2.39. The highest BCUT2D eigenvalue weighted by molar-refractivity contribution is 5.81. The molecule has 0 atom stereocenters. The van der Waals surface area contributed by atoms with Crippen LogP contribution in [-0.2, 0) is 0 Å². The van der Waals surface area contributed by atoms with Gasteiger partial charge in [0.25, 0.3) is 0 Å². The Hall–Kier alpha value is -2.23. The summed E-state index contributed by atoms with van der Waals surface area (Å²) in [5, 5.41) is 9.57. The molecule has 2 rings (SSSR count). The number of phenols is 1. The molecule has 0 aliphatic heterocycles. The lowest BCUT2D eigenvalue weighted by atomic mass is 10.2. The third-order valence-corrected chi connectivity index (χ3v) is 2.06. The lowest BCUT2D eigenvalue weighted by Crippen LogP contribution is -1.84. The highest BCUT2D eigenvalue weighted by Crippen LogP contribution is 2.26. The fraction of sp³-hybridized carbons (Fsp3) is 0.0833. The number of benzene rings is 1. The highest BCUT2D eigenvalue weighted by Gasteiger charge is 1.98. The van der Waals surface area contributed by atoms with Crippen molar-refractivity contribution in [3.63, 3.8) is 0 Å². The van der Waals surface area contributed by atoms with Gasteiger partial charge >= 0.3 is 0 Å². The summed E-state index contributed by atoms with van der Waals surface area (Å²) >= 11 is 0. The molecule has 0 aliphatic carbocycles. The van der Waals surface area contributed by atoms with E-state index in [-0.39, 0.29) is 5.75 Å². The molecule has 4 nitrogen and oxygen atoms in total. The van der Waals surface area contributed by atoms with Gasteiger partial charge in [-0.3, -0.25) is 4.99 Å². The van der Waals surface area contributed by atoms with Crippen LogP contribution in [0.15, 0.2) is 41.9 Å².